The Hall–Kier alpha value is -0.300. The maximum Gasteiger partial charge on any atom is 0.0681 e. The minimum Gasteiger partial charge on any atom is -0.390 e. The van der Waals surface area contributed by atoms with Gasteiger partial charge in [-0.05, 0) is 43.4 Å². The Bertz CT molecular complexity index is 238. The van der Waals surface area contributed by atoms with Gasteiger partial charge in [0.05, 0.1) is 5.60 Å². The molecule has 2 saturated carbocycles. The van der Waals surface area contributed by atoms with Crippen molar-refractivity contribution in [1.82, 2.24) is 0 Å². The Morgan fingerprint density at radius 1 is 1.08 bits per heavy atom. The molecule has 3 atom stereocenters. The molecule has 0 aromatic carbocycles. The molecule has 2 fully saturated rings. The molecule has 0 heterocycles. The summed E-state index contributed by atoms with van der Waals surface area (Å²) in [4.78, 5) is 0. The summed E-state index contributed by atoms with van der Waals surface area (Å²) in [6.07, 6.45) is 11.9. The van der Waals surface area contributed by atoms with Crippen molar-refractivity contribution in [3.05, 3.63) is 12.2 Å². The highest BCUT2D eigenvalue weighted by Gasteiger charge is 2.48. The second-order valence-electron chi connectivity index (χ2n) is 5.20. The molecule has 1 nitrogen and oxygen atoms in total. The summed E-state index contributed by atoms with van der Waals surface area (Å²) in [5.41, 5.74) is -0.274. The lowest BCUT2D eigenvalue weighted by Gasteiger charge is -2.34. The van der Waals surface area contributed by atoms with Gasteiger partial charge in [0.2, 0.25) is 0 Å². The van der Waals surface area contributed by atoms with Gasteiger partial charge >= 0.3 is 0 Å². The van der Waals surface area contributed by atoms with Gasteiger partial charge in [-0.25, -0.2) is 0 Å². The normalized spacial score (nSPS) is 46.1. The van der Waals surface area contributed by atoms with Gasteiger partial charge in [0.15, 0.2) is 0 Å². The van der Waals surface area contributed by atoms with Crippen LogP contribution in [0.25, 0.3) is 0 Å². The van der Waals surface area contributed by atoms with E-state index in [1.54, 1.807) is 0 Å². The van der Waals surface area contributed by atoms with Gasteiger partial charge in [0.1, 0.15) is 0 Å². The van der Waals surface area contributed by atoms with Crippen molar-refractivity contribution >= 4 is 0 Å². The Kier molecular flexibility index (Phi) is 1.61. The monoisotopic (exact) mass is 178 g/mol. The highest BCUT2D eigenvalue weighted by molar-refractivity contribution is 5.14. The molecule has 0 radical (unpaired) electrons. The summed E-state index contributed by atoms with van der Waals surface area (Å²) in [5.74, 6) is 2.12. The van der Waals surface area contributed by atoms with E-state index in [9.17, 15) is 5.11 Å². The Labute approximate surface area is 79.8 Å². The smallest absolute Gasteiger partial charge is 0.0681 e. The van der Waals surface area contributed by atoms with Gasteiger partial charge in [-0.1, -0.05) is 25.0 Å². The lowest BCUT2D eigenvalue weighted by atomic mass is 9.77. The van der Waals surface area contributed by atoms with Gasteiger partial charge in [-0.15, -0.1) is 0 Å². The highest BCUT2D eigenvalue weighted by atomic mass is 16.3. The predicted molar refractivity (Wildman–Crippen MR) is 52.3 cm³/mol. The summed E-state index contributed by atoms with van der Waals surface area (Å²) in [6.45, 7) is 0. The zero-order valence-corrected chi connectivity index (χ0v) is 8.08. The van der Waals surface area contributed by atoms with Crippen LogP contribution in [0, 0.1) is 17.8 Å². The highest BCUT2D eigenvalue weighted by Crippen LogP contribution is 2.52. The van der Waals surface area contributed by atoms with Gasteiger partial charge in [0, 0.05) is 0 Å². The van der Waals surface area contributed by atoms with Crippen LogP contribution in [-0.4, -0.2) is 10.7 Å². The number of rotatable bonds is 1. The molecule has 3 aliphatic rings. The quantitative estimate of drug-likeness (QED) is 0.612. The van der Waals surface area contributed by atoms with E-state index in [2.05, 4.69) is 12.2 Å². The first kappa shape index (κ1) is 8.05. The molecule has 13 heavy (non-hydrogen) atoms. The van der Waals surface area contributed by atoms with E-state index in [1.807, 2.05) is 0 Å². The summed E-state index contributed by atoms with van der Waals surface area (Å²) < 4.78 is 0. The lowest BCUT2D eigenvalue weighted by molar-refractivity contribution is -0.0226. The molecule has 0 amide bonds. The van der Waals surface area contributed by atoms with Crippen LogP contribution in [0.3, 0.4) is 0 Å². The molecule has 72 valence electrons. The summed E-state index contributed by atoms with van der Waals surface area (Å²) in [5, 5.41) is 10.5. The number of hydrogen-bond acceptors (Lipinski definition) is 1. The van der Waals surface area contributed by atoms with Crippen LogP contribution in [0.15, 0.2) is 12.2 Å². The zero-order valence-electron chi connectivity index (χ0n) is 8.08. The van der Waals surface area contributed by atoms with E-state index in [1.165, 1.54) is 25.7 Å². The molecule has 1 N–H and O–H groups in total. The molecular formula is C12H18O. The lowest BCUT2D eigenvalue weighted by Crippen LogP contribution is -2.37. The maximum atomic E-state index is 10.5. The largest absolute Gasteiger partial charge is 0.390 e. The molecule has 1 heteroatoms. The van der Waals surface area contributed by atoms with Crippen LogP contribution in [-0.2, 0) is 0 Å². The van der Waals surface area contributed by atoms with Gasteiger partial charge < -0.3 is 5.11 Å². The zero-order chi connectivity index (χ0) is 8.89. The van der Waals surface area contributed by atoms with E-state index < -0.39 is 0 Å². The fourth-order valence-electron chi connectivity index (χ4n) is 3.76. The van der Waals surface area contributed by atoms with E-state index in [0.717, 1.165) is 18.8 Å². The standard InChI is InChI=1S/C12H18O/c13-12(5-1-2-6-12)11-8-9-3-4-10(11)7-9/h3-4,9-11,13H,1-2,5-8H2. The minimum atomic E-state index is -0.274. The maximum absolute atomic E-state index is 10.5. The van der Waals surface area contributed by atoms with Crippen molar-refractivity contribution in [3.8, 4) is 0 Å². The number of aliphatic hydroxyl groups is 1. The molecule has 0 saturated heterocycles. The summed E-state index contributed by atoms with van der Waals surface area (Å²) in [7, 11) is 0. The van der Waals surface area contributed by atoms with E-state index >= 15 is 0 Å². The van der Waals surface area contributed by atoms with Crippen molar-refractivity contribution in [1.29, 1.82) is 0 Å². The van der Waals surface area contributed by atoms with Crippen molar-refractivity contribution in [2.24, 2.45) is 17.8 Å². The van der Waals surface area contributed by atoms with Crippen molar-refractivity contribution in [2.45, 2.75) is 44.1 Å². The molecule has 2 bridgehead atoms. The number of fused-ring (bicyclic) bond motifs is 2. The Morgan fingerprint density at radius 3 is 2.38 bits per heavy atom. The van der Waals surface area contributed by atoms with Crippen LogP contribution in [0.5, 0.6) is 0 Å². The van der Waals surface area contributed by atoms with E-state index in [0.29, 0.717) is 11.8 Å². The fourth-order valence-corrected chi connectivity index (χ4v) is 3.76. The first-order chi connectivity index (χ1) is 6.28. The molecular weight excluding hydrogens is 160 g/mol. The SMILES string of the molecule is OC1(C2CC3C=CC2C3)CCCC1. The number of allylic oxidation sites excluding steroid dienone is 2. The van der Waals surface area contributed by atoms with Crippen LogP contribution >= 0.6 is 0 Å². The number of hydrogen-bond donors (Lipinski definition) is 1. The van der Waals surface area contributed by atoms with Crippen molar-refractivity contribution in [2.75, 3.05) is 0 Å². The third-order valence-electron chi connectivity index (χ3n) is 4.44. The molecule has 0 aromatic heterocycles. The fraction of sp³-hybridized carbons (Fsp3) is 0.833. The van der Waals surface area contributed by atoms with Gasteiger partial charge in [-0.2, -0.15) is 0 Å². The van der Waals surface area contributed by atoms with Gasteiger partial charge in [-0.3, -0.25) is 0 Å². The second-order valence-corrected chi connectivity index (χ2v) is 5.20. The Balaban J connectivity index is 1.82. The van der Waals surface area contributed by atoms with Crippen LogP contribution in [0.2, 0.25) is 0 Å². The molecule has 0 spiro atoms. The van der Waals surface area contributed by atoms with Gasteiger partial charge in [0.25, 0.3) is 0 Å². The topological polar surface area (TPSA) is 20.2 Å². The van der Waals surface area contributed by atoms with Crippen LogP contribution in [0.1, 0.15) is 38.5 Å². The average molecular weight is 178 g/mol. The third kappa shape index (κ3) is 1.10. The molecule has 3 unspecified atom stereocenters. The van der Waals surface area contributed by atoms with E-state index in [-0.39, 0.29) is 5.60 Å². The van der Waals surface area contributed by atoms with Crippen LogP contribution < -0.4 is 0 Å². The summed E-state index contributed by atoms with van der Waals surface area (Å²) >= 11 is 0. The van der Waals surface area contributed by atoms with Crippen molar-refractivity contribution < 1.29 is 5.11 Å². The minimum absolute atomic E-state index is 0.274. The van der Waals surface area contributed by atoms with Crippen molar-refractivity contribution in [3.63, 3.8) is 0 Å². The van der Waals surface area contributed by atoms with E-state index in [4.69, 9.17) is 0 Å². The molecule has 3 rings (SSSR count). The Morgan fingerprint density at radius 2 is 1.85 bits per heavy atom. The van der Waals surface area contributed by atoms with Crippen LogP contribution in [0.4, 0.5) is 0 Å². The second kappa shape index (κ2) is 2.60. The summed E-state index contributed by atoms with van der Waals surface area (Å²) in [6, 6.07) is 0. The predicted octanol–water partition coefficient (Wildman–Crippen LogP) is 2.50. The molecule has 3 aliphatic carbocycles. The molecule has 0 aliphatic heterocycles. The third-order valence-corrected chi connectivity index (χ3v) is 4.44. The first-order valence-corrected chi connectivity index (χ1v) is 5.69. The molecule has 0 aromatic rings. The first-order valence-electron chi connectivity index (χ1n) is 5.69. The average Bonchev–Trinajstić information content (AvgIpc) is 2.77.